The normalized spacial score (nSPS) is 17.1. The first kappa shape index (κ1) is 25.8. The van der Waals surface area contributed by atoms with Crippen LogP contribution < -0.4 is 3.27 Å². The average Bonchev–Trinajstić information content (AvgIpc) is 3.48. The minimum atomic E-state index is -4.69. The third kappa shape index (κ3) is 3.78. The Kier molecular flexibility index (Phi) is 6.53. The van der Waals surface area contributed by atoms with E-state index in [1.54, 1.807) is 0 Å². The second-order valence-corrected chi connectivity index (χ2v) is 52.6. The van der Waals surface area contributed by atoms with Gasteiger partial charge in [0.15, 0.2) is 0 Å². The molecule has 2 aliphatic carbocycles. The summed E-state index contributed by atoms with van der Waals surface area (Å²) in [7, 11) is 16.6. The van der Waals surface area contributed by atoms with Gasteiger partial charge in [-0.15, -0.1) is 0 Å². The summed E-state index contributed by atoms with van der Waals surface area (Å²) >= 11 is 1.99. The maximum atomic E-state index is 8.29. The van der Waals surface area contributed by atoms with Crippen LogP contribution in [0.25, 0.3) is 28.3 Å². The predicted molar refractivity (Wildman–Crippen MR) is 163 cm³/mol. The zero-order valence-corrected chi connectivity index (χ0v) is 27.2. The van der Waals surface area contributed by atoms with Gasteiger partial charge in [0.1, 0.15) is 0 Å². The van der Waals surface area contributed by atoms with Crippen LogP contribution in [0.3, 0.4) is 0 Å². The van der Waals surface area contributed by atoms with Gasteiger partial charge in [-0.1, -0.05) is 0 Å². The van der Waals surface area contributed by atoms with E-state index in [0.717, 1.165) is 29.0 Å². The molecule has 0 amide bonds. The second-order valence-electron chi connectivity index (χ2n) is 10.8. The molecule has 0 heterocycles. The van der Waals surface area contributed by atoms with E-state index in [1.807, 2.05) is 12.1 Å². The van der Waals surface area contributed by atoms with E-state index in [0.29, 0.717) is 0 Å². The molecule has 5 heteroatoms. The van der Waals surface area contributed by atoms with E-state index in [1.165, 1.54) is 42.2 Å². The third-order valence-corrected chi connectivity index (χ3v) is 59.0. The molecule has 4 aromatic rings. The first-order valence-electron chi connectivity index (χ1n) is 13.1. The van der Waals surface area contributed by atoms with Crippen molar-refractivity contribution in [3.05, 3.63) is 118 Å². The van der Waals surface area contributed by atoms with Crippen LogP contribution in [0.5, 0.6) is 0 Å². The van der Waals surface area contributed by atoms with Crippen molar-refractivity contribution in [3.8, 4) is 22.3 Å². The fourth-order valence-corrected chi connectivity index (χ4v) is 35.0. The van der Waals surface area contributed by atoms with Crippen LogP contribution in [0.2, 0.25) is 18.1 Å². The average molecular weight is 640 g/mol. The Balaban J connectivity index is 1.61. The molecule has 0 radical (unpaired) electrons. The molecule has 0 aromatic heterocycles. The van der Waals surface area contributed by atoms with Crippen LogP contribution >= 0.6 is 28.6 Å². The van der Waals surface area contributed by atoms with Crippen LogP contribution in [0.4, 0.5) is 0 Å². The molecule has 4 aromatic carbocycles. The van der Waals surface area contributed by atoms with E-state index in [-0.39, 0.29) is 3.63 Å². The Morgan fingerprint density at radius 1 is 0.784 bits per heavy atom. The summed E-state index contributed by atoms with van der Waals surface area (Å²) in [5.74, 6) is -1.56. The molecular formula is C32H30Cl3SiZr. The van der Waals surface area contributed by atoms with Crippen molar-refractivity contribution in [2.45, 2.75) is 36.5 Å². The molecule has 0 nitrogen and oxygen atoms in total. The summed E-state index contributed by atoms with van der Waals surface area (Å²) in [6.45, 7) is 7.02. The van der Waals surface area contributed by atoms with Gasteiger partial charge in [-0.3, -0.25) is 0 Å². The fourth-order valence-electron chi connectivity index (χ4n) is 6.71. The van der Waals surface area contributed by atoms with Gasteiger partial charge in [-0.05, 0) is 0 Å². The predicted octanol–water partition coefficient (Wildman–Crippen LogP) is 9.73. The van der Waals surface area contributed by atoms with Gasteiger partial charge in [0.2, 0.25) is 0 Å². The fraction of sp³-hybridized carbons (Fsp3) is 0.188. The first-order valence-corrected chi connectivity index (χ1v) is 29.6. The Morgan fingerprint density at radius 3 is 2.16 bits per heavy atom. The van der Waals surface area contributed by atoms with Crippen LogP contribution in [0, 0.1) is 0 Å². The monoisotopic (exact) mass is 637 g/mol. The summed E-state index contributed by atoms with van der Waals surface area (Å²) in [5.41, 5.74) is 11.5. The molecule has 2 aliphatic rings. The molecule has 187 valence electrons. The van der Waals surface area contributed by atoms with Gasteiger partial charge in [0.05, 0.1) is 0 Å². The summed E-state index contributed by atoms with van der Waals surface area (Å²) < 4.78 is 1.37. The maximum absolute atomic E-state index is 8.29. The minimum absolute atomic E-state index is 0.0779. The van der Waals surface area contributed by atoms with Gasteiger partial charge >= 0.3 is 236 Å². The van der Waals surface area contributed by atoms with Gasteiger partial charge in [0, 0.05) is 0 Å². The summed E-state index contributed by atoms with van der Waals surface area (Å²) in [6.07, 6.45) is 4.23. The van der Waals surface area contributed by atoms with Crippen molar-refractivity contribution in [1.29, 1.82) is 0 Å². The van der Waals surface area contributed by atoms with Crippen molar-refractivity contribution in [3.63, 3.8) is 0 Å². The van der Waals surface area contributed by atoms with Crippen molar-refractivity contribution < 1.29 is 15.6 Å². The first-order chi connectivity index (χ1) is 17.7. The van der Waals surface area contributed by atoms with Gasteiger partial charge in [-0.25, -0.2) is 0 Å². The summed E-state index contributed by atoms with van der Waals surface area (Å²) in [6, 6.07) is 30.2. The molecule has 0 saturated carbocycles. The number of benzene rings is 4. The Bertz CT molecular complexity index is 1590. The third-order valence-electron chi connectivity index (χ3n) is 8.68. The Morgan fingerprint density at radius 2 is 1.43 bits per heavy atom. The van der Waals surface area contributed by atoms with Crippen LogP contribution in [-0.2, 0) is 22.0 Å². The van der Waals surface area contributed by atoms with E-state index >= 15 is 0 Å². The molecule has 37 heavy (non-hydrogen) atoms. The molecule has 1 unspecified atom stereocenters. The molecule has 0 aliphatic heterocycles. The number of allylic oxidation sites excluding steroid dienone is 1. The van der Waals surface area contributed by atoms with Gasteiger partial charge < -0.3 is 0 Å². The number of halogens is 3. The molecule has 6 rings (SSSR count). The van der Waals surface area contributed by atoms with E-state index in [4.69, 9.17) is 28.6 Å². The van der Waals surface area contributed by atoms with E-state index in [2.05, 4.69) is 98.9 Å². The molecule has 0 saturated heterocycles. The SMILES string of the molecule is CCC1=Cc2c(-c3ccccc3Cl)cccc2[CH]1[Zr]([Cl])([Cl])([c]1cccc2c1Cc1ccccc1-2)[SiH](C)C. The van der Waals surface area contributed by atoms with Gasteiger partial charge in [-0.2, -0.15) is 0 Å². The van der Waals surface area contributed by atoms with Crippen molar-refractivity contribution >= 4 is 43.9 Å². The number of hydrogen-bond acceptors (Lipinski definition) is 0. The van der Waals surface area contributed by atoms with Crippen LogP contribution in [0.15, 0.2) is 90.5 Å². The topological polar surface area (TPSA) is 0 Å². The molecule has 0 bridgehead atoms. The number of fused-ring (bicyclic) bond motifs is 4. The van der Waals surface area contributed by atoms with E-state index in [9.17, 15) is 0 Å². The zero-order chi connectivity index (χ0) is 26.0. The molecule has 1 atom stereocenters. The van der Waals surface area contributed by atoms with Crippen molar-refractivity contribution in [2.75, 3.05) is 0 Å². The molecular weight excluding hydrogens is 610 g/mol. The second kappa shape index (κ2) is 9.35. The molecule has 0 fully saturated rings. The Labute approximate surface area is 234 Å². The Hall–Kier alpha value is -1.41. The number of rotatable bonds is 5. The molecule has 0 N–H and O–H groups in total. The van der Waals surface area contributed by atoms with E-state index < -0.39 is 21.5 Å². The zero-order valence-electron chi connectivity index (χ0n) is 21.4. The number of hydrogen-bond donors (Lipinski definition) is 0. The summed E-state index contributed by atoms with van der Waals surface area (Å²) in [5, 5.41) is 0.767. The van der Waals surface area contributed by atoms with Crippen LogP contribution in [0.1, 0.15) is 39.2 Å². The van der Waals surface area contributed by atoms with Crippen molar-refractivity contribution in [2.24, 2.45) is 0 Å². The molecule has 0 spiro atoms. The van der Waals surface area contributed by atoms with Gasteiger partial charge in [0.25, 0.3) is 0 Å². The summed E-state index contributed by atoms with van der Waals surface area (Å²) in [4.78, 5) is 0. The quantitative estimate of drug-likeness (QED) is 0.168. The standard InChI is InChI=1S/C17H14Cl.C13H9.C2H7Si.2ClH.Zr/c1-2-12-10-13-6-5-8-14(16(13)11-12)15-7-3-4-9-17(15)18;1-3-7-12-10(5-1)9-11-6-2-4-8-13(11)12;1-3-2;;;/h3-11H,2H2,1H3;1-5,7-8H,9H2;3H,1-2H3;2*1H;/q;;;;;+2/p-2. The van der Waals surface area contributed by atoms with Crippen molar-refractivity contribution in [1.82, 2.24) is 0 Å². The van der Waals surface area contributed by atoms with Crippen LogP contribution in [-0.4, -0.2) is 5.92 Å².